The van der Waals surface area contributed by atoms with Crippen LogP contribution in [0, 0.1) is 0 Å². The average molecular weight is 408 g/mol. The lowest BCUT2D eigenvalue weighted by atomic mass is 9.88. The van der Waals surface area contributed by atoms with Crippen LogP contribution in [0.3, 0.4) is 0 Å². The Hall–Kier alpha value is 0.580. The van der Waals surface area contributed by atoms with E-state index >= 15 is 0 Å². The highest BCUT2D eigenvalue weighted by Crippen LogP contribution is 2.35. The van der Waals surface area contributed by atoms with Crippen molar-refractivity contribution in [3.05, 3.63) is 0 Å². The fourth-order valence-electron chi connectivity index (χ4n) is 3.89. The van der Waals surface area contributed by atoms with Crippen molar-refractivity contribution in [2.24, 2.45) is 0 Å². The molecule has 0 aromatic rings. The van der Waals surface area contributed by atoms with Crippen LogP contribution in [-0.2, 0) is 0 Å². The van der Waals surface area contributed by atoms with Gasteiger partial charge in [0.2, 0.25) is 0 Å². The first-order valence-corrected chi connectivity index (χ1v) is 12.8. The third-order valence-corrected chi connectivity index (χ3v) is 6.55. The van der Waals surface area contributed by atoms with E-state index in [1.54, 1.807) is 0 Å². The van der Waals surface area contributed by atoms with Gasteiger partial charge in [-0.25, -0.2) is 0 Å². The second-order valence-electron chi connectivity index (χ2n) is 8.39. The van der Waals surface area contributed by atoms with Crippen LogP contribution in [0.4, 0.5) is 0 Å². The van der Waals surface area contributed by atoms with Crippen molar-refractivity contribution >= 4 is 23.2 Å². The van der Waals surface area contributed by atoms with E-state index in [1.807, 2.05) is 0 Å². The van der Waals surface area contributed by atoms with Crippen molar-refractivity contribution in [1.29, 1.82) is 0 Å². The maximum Gasteiger partial charge on any atom is 0.0446 e. The van der Waals surface area contributed by atoms with E-state index in [0.29, 0.717) is 0 Å². The van der Waals surface area contributed by atoms with Gasteiger partial charge in [0, 0.05) is 10.8 Å². The summed E-state index contributed by atoms with van der Waals surface area (Å²) in [5.74, 6) is 0.796. The maximum atomic E-state index is 7.11. The van der Waals surface area contributed by atoms with Crippen LogP contribution in [0.5, 0.6) is 0 Å². The number of alkyl halides is 2. The summed E-state index contributed by atoms with van der Waals surface area (Å²) in [5.41, 5.74) is 0. The Labute approximate surface area is 176 Å². The van der Waals surface area contributed by atoms with Crippen molar-refractivity contribution in [2.75, 3.05) is 5.88 Å². The van der Waals surface area contributed by atoms with Gasteiger partial charge in [-0.15, -0.1) is 23.2 Å². The molecule has 0 amide bonds. The Balaban J connectivity index is 3.96. The third kappa shape index (κ3) is 18.0. The van der Waals surface area contributed by atoms with Gasteiger partial charge in [-0.1, -0.05) is 117 Å². The Kier molecular flexibility index (Phi) is 20.8. The molecule has 0 fully saturated rings. The summed E-state index contributed by atoms with van der Waals surface area (Å²) in [6, 6.07) is 0. The van der Waals surface area contributed by atoms with E-state index in [0.717, 1.165) is 12.3 Å². The van der Waals surface area contributed by atoms with E-state index in [-0.39, 0.29) is 4.87 Å². The normalized spacial score (nSPS) is 12.0. The van der Waals surface area contributed by atoms with E-state index in [1.165, 1.54) is 122 Å². The fraction of sp³-hybridized carbons (Fsp3) is 1.00. The number of halogens is 2. The summed E-state index contributed by atoms with van der Waals surface area (Å²) in [6.45, 7) is 4.58. The zero-order chi connectivity index (χ0) is 19.3. The highest BCUT2D eigenvalue weighted by molar-refractivity contribution is 6.23. The highest BCUT2D eigenvalue weighted by Gasteiger charge is 2.25. The minimum atomic E-state index is 0.0686. The lowest BCUT2D eigenvalue weighted by molar-refractivity contribution is 0.398. The van der Waals surface area contributed by atoms with Crippen molar-refractivity contribution in [3.8, 4) is 0 Å². The van der Waals surface area contributed by atoms with Crippen LogP contribution in [-0.4, -0.2) is 10.8 Å². The number of rotatable bonds is 21. The molecule has 0 saturated carbocycles. The molecule has 0 spiro atoms. The van der Waals surface area contributed by atoms with Gasteiger partial charge in [-0.2, -0.15) is 0 Å². The summed E-state index contributed by atoms with van der Waals surface area (Å²) >= 11 is 12.9. The van der Waals surface area contributed by atoms with Gasteiger partial charge in [0.05, 0.1) is 0 Å². The summed E-state index contributed by atoms with van der Waals surface area (Å²) in [4.78, 5) is 0.0686. The average Bonchev–Trinajstić information content (AvgIpc) is 2.64. The topological polar surface area (TPSA) is 0 Å². The quantitative estimate of drug-likeness (QED) is 0.131. The van der Waals surface area contributed by atoms with Crippen molar-refractivity contribution < 1.29 is 0 Å². The molecule has 0 saturated heterocycles. The minimum Gasteiger partial charge on any atom is -0.127 e. The smallest absolute Gasteiger partial charge is 0.0446 e. The van der Waals surface area contributed by atoms with Gasteiger partial charge < -0.3 is 0 Å². The number of hydrogen-bond acceptors (Lipinski definition) is 0. The predicted octanol–water partition coefficient (Wildman–Crippen LogP) is 10.0. The molecule has 0 heterocycles. The Morgan fingerprint density at radius 1 is 0.462 bits per heavy atom. The summed E-state index contributed by atoms with van der Waals surface area (Å²) in [6.07, 6.45) is 26.6. The van der Waals surface area contributed by atoms with E-state index in [2.05, 4.69) is 13.8 Å². The fourth-order valence-corrected chi connectivity index (χ4v) is 4.48. The Morgan fingerprint density at radius 2 is 0.769 bits per heavy atom. The number of unbranched alkanes of at least 4 members (excludes halogenated alkanes) is 14. The van der Waals surface area contributed by atoms with Crippen LogP contribution in [0.2, 0.25) is 0 Å². The Morgan fingerprint density at radius 3 is 1.12 bits per heavy atom. The molecule has 0 N–H and O–H groups in total. The predicted molar refractivity (Wildman–Crippen MR) is 123 cm³/mol. The molecule has 26 heavy (non-hydrogen) atoms. The van der Waals surface area contributed by atoms with Gasteiger partial charge in [0.25, 0.3) is 0 Å². The standard InChI is InChI=1S/C24H48Cl2/c1-3-5-7-9-11-13-16-20-24(26,22-18-15-19-23-25)21-17-14-12-10-8-6-4-2/h3-23H2,1-2H3. The lowest BCUT2D eigenvalue weighted by Gasteiger charge is -2.27. The molecule has 0 radical (unpaired) electrons. The van der Waals surface area contributed by atoms with Crippen LogP contribution in [0.15, 0.2) is 0 Å². The van der Waals surface area contributed by atoms with Crippen molar-refractivity contribution in [2.45, 2.75) is 147 Å². The van der Waals surface area contributed by atoms with Gasteiger partial charge in [-0.3, -0.25) is 0 Å². The molecule has 0 bridgehead atoms. The Bertz CT molecular complexity index is 247. The molecule has 0 aliphatic rings. The molecule has 0 nitrogen and oxygen atoms in total. The molecular formula is C24H48Cl2. The third-order valence-electron chi connectivity index (χ3n) is 5.72. The highest BCUT2D eigenvalue weighted by atomic mass is 35.5. The first kappa shape index (κ1) is 26.6. The zero-order valence-corrected chi connectivity index (χ0v) is 19.6. The zero-order valence-electron chi connectivity index (χ0n) is 18.1. The van der Waals surface area contributed by atoms with Crippen molar-refractivity contribution in [1.82, 2.24) is 0 Å². The molecule has 0 aromatic carbocycles. The molecule has 0 unspecified atom stereocenters. The summed E-state index contributed by atoms with van der Waals surface area (Å²) in [7, 11) is 0. The minimum absolute atomic E-state index is 0.0686. The molecule has 0 aromatic heterocycles. The van der Waals surface area contributed by atoms with Gasteiger partial charge in [0.1, 0.15) is 0 Å². The van der Waals surface area contributed by atoms with Crippen LogP contribution < -0.4 is 0 Å². The monoisotopic (exact) mass is 406 g/mol. The first-order chi connectivity index (χ1) is 12.7. The van der Waals surface area contributed by atoms with Crippen LogP contribution in [0.25, 0.3) is 0 Å². The van der Waals surface area contributed by atoms with E-state index in [4.69, 9.17) is 23.2 Å². The van der Waals surface area contributed by atoms with Gasteiger partial charge in [-0.05, 0) is 25.7 Å². The molecule has 0 aliphatic heterocycles. The largest absolute Gasteiger partial charge is 0.127 e. The first-order valence-electron chi connectivity index (χ1n) is 11.9. The van der Waals surface area contributed by atoms with Crippen molar-refractivity contribution in [3.63, 3.8) is 0 Å². The molecule has 0 atom stereocenters. The van der Waals surface area contributed by atoms with Gasteiger partial charge in [0.15, 0.2) is 0 Å². The molecular weight excluding hydrogens is 359 g/mol. The maximum absolute atomic E-state index is 7.11. The van der Waals surface area contributed by atoms with Crippen LogP contribution in [0.1, 0.15) is 142 Å². The van der Waals surface area contributed by atoms with E-state index in [9.17, 15) is 0 Å². The lowest BCUT2D eigenvalue weighted by Crippen LogP contribution is -2.21. The van der Waals surface area contributed by atoms with E-state index < -0.39 is 0 Å². The second kappa shape index (κ2) is 20.3. The number of hydrogen-bond donors (Lipinski definition) is 0. The molecule has 0 rings (SSSR count). The molecule has 158 valence electrons. The van der Waals surface area contributed by atoms with Gasteiger partial charge >= 0.3 is 0 Å². The summed E-state index contributed by atoms with van der Waals surface area (Å²) < 4.78 is 0. The molecule has 0 aliphatic carbocycles. The van der Waals surface area contributed by atoms with Crippen LogP contribution >= 0.6 is 23.2 Å². The summed E-state index contributed by atoms with van der Waals surface area (Å²) in [5, 5.41) is 0. The second-order valence-corrected chi connectivity index (χ2v) is 9.57. The molecule has 2 heteroatoms. The SMILES string of the molecule is CCCCCCCCCC(Cl)(CCCCCCl)CCCCCCCCC.